The smallest absolute Gasteiger partial charge is 0.392 e. The first kappa shape index (κ1) is 27.0. The molecule has 1 aromatic carbocycles. The van der Waals surface area contributed by atoms with Gasteiger partial charge in [0.05, 0.1) is 42.4 Å². The van der Waals surface area contributed by atoms with Crippen LogP contribution in [-0.2, 0) is 10.0 Å². The van der Waals surface area contributed by atoms with Crippen LogP contribution in [0.1, 0.15) is 42.6 Å². The summed E-state index contributed by atoms with van der Waals surface area (Å²) in [6.45, 7) is 0.360. The highest BCUT2D eigenvalue weighted by molar-refractivity contribution is 7.92. The Labute approximate surface area is 213 Å². The van der Waals surface area contributed by atoms with E-state index in [1.165, 1.54) is 37.1 Å². The maximum Gasteiger partial charge on any atom is 0.392 e. The zero-order valence-electron chi connectivity index (χ0n) is 20.1. The molecule has 13 heteroatoms. The number of carbonyl (C=O) groups is 1. The maximum absolute atomic E-state index is 13.0. The number of benzene rings is 1. The van der Waals surface area contributed by atoms with E-state index in [1.807, 2.05) is 0 Å². The standard InChI is InChI=1S/C24H29F3N4O5S/c25-24(26,27)10-14-36-21-3-1-2-19(28-21)22(33)29-18-5-4-17(30-37(34,35)15-13-32)16-20(18)31-11-8-23(6-7-23)9-12-31/h1-5,16,30,32H,6-15H2,(H,29,33). The molecule has 2 aromatic rings. The predicted octanol–water partition coefficient (Wildman–Crippen LogP) is 3.78. The summed E-state index contributed by atoms with van der Waals surface area (Å²) in [5.41, 5.74) is 1.72. The minimum absolute atomic E-state index is 0.0428. The second kappa shape index (κ2) is 10.7. The van der Waals surface area contributed by atoms with Crippen molar-refractivity contribution < 1.29 is 36.2 Å². The van der Waals surface area contributed by atoms with Gasteiger partial charge in [-0.1, -0.05) is 6.07 Å². The van der Waals surface area contributed by atoms with Crippen LogP contribution in [0.4, 0.5) is 30.2 Å². The van der Waals surface area contributed by atoms with Crippen LogP contribution >= 0.6 is 0 Å². The number of piperidine rings is 1. The van der Waals surface area contributed by atoms with E-state index in [0.717, 1.165) is 25.9 Å². The number of ether oxygens (including phenoxy) is 1. The van der Waals surface area contributed by atoms with Crippen LogP contribution < -0.4 is 19.7 Å². The largest absolute Gasteiger partial charge is 0.477 e. The van der Waals surface area contributed by atoms with Crippen molar-refractivity contribution in [2.24, 2.45) is 5.41 Å². The van der Waals surface area contributed by atoms with Gasteiger partial charge in [0.1, 0.15) is 5.69 Å². The molecule has 0 atom stereocenters. The summed E-state index contributed by atoms with van der Waals surface area (Å²) >= 11 is 0. The number of anilines is 3. The summed E-state index contributed by atoms with van der Waals surface area (Å²) in [6, 6.07) is 8.97. The highest BCUT2D eigenvalue weighted by Gasteiger charge is 2.44. The summed E-state index contributed by atoms with van der Waals surface area (Å²) in [6.07, 6.45) is -1.09. The lowest BCUT2D eigenvalue weighted by Gasteiger charge is -2.35. The fourth-order valence-electron chi connectivity index (χ4n) is 4.29. The number of aliphatic hydroxyl groups is 1. The van der Waals surface area contributed by atoms with Gasteiger partial charge in [-0.15, -0.1) is 0 Å². The summed E-state index contributed by atoms with van der Waals surface area (Å²) in [4.78, 5) is 19.1. The molecule has 1 saturated carbocycles. The number of rotatable bonds is 10. The Bertz CT molecular complexity index is 1230. The third-order valence-electron chi connectivity index (χ3n) is 6.59. The van der Waals surface area contributed by atoms with Crippen LogP contribution in [0.25, 0.3) is 0 Å². The predicted molar refractivity (Wildman–Crippen MR) is 132 cm³/mol. The molecule has 1 aliphatic heterocycles. The zero-order chi connectivity index (χ0) is 26.7. The molecule has 0 radical (unpaired) electrons. The summed E-state index contributed by atoms with van der Waals surface area (Å²) in [5, 5.41) is 11.8. The molecule has 1 spiro atoms. The molecular formula is C24H29F3N4O5S. The van der Waals surface area contributed by atoms with Gasteiger partial charge in [-0.2, -0.15) is 13.2 Å². The van der Waals surface area contributed by atoms with Crippen LogP contribution in [0.3, 0.4) is 0 Å². The summed E-state index contributed by atoms with van der Waals surface area (Å²) in [5.74, 6) is -1.14. The first-order chi connectivity index (χ1) is 17.5. The first-order valence-corrected chi connectivity index (χ1v) is 13.6. The van der Waals surface area contributed by atoms with Gasteiger partial charge in [0.15, 0.2) is 0 Å². The van der Waals surface area contributed by atoms with Crippen molar-refractivity contribution in [3.8, 4) is 5.88 Å². The second-order valence-electron chi connectivity index (χ2n) is 9.39. The molecule has 37 heavy (non-hydrogen) atoms. The quantitative estimate of drug-likeness (QED) is 0.418. The maximum atomic E-state index is 13.0. The second-order valence-corrected chi connectivity index (χ2v) is 11.2. The first-order valence-electron chi connectivity index (χ1n) is 12.0. The summed E-state index contributed by atoms with van der Waals surface area (Å²) < 4.78 is 69.0. The highest BCUT2D eigenvalue weighted by atomic mass is 32.2. The van der Waals surface area contributed by atoms with Crippen LogP contribution in [0.2, 0.25) is 0 Å². The van der Waals surface area contributed by atoms with E-state index in [0.29, 0.717) is 22.5 Å². The van der Waals surface area contributed by atoms with Gasteiger partial charge in [-0.05, 0) is 55.4 Å². The molecule has 2 heterocycles. The molecule has 1 amide bonds. The van der Waals surface area contributed by atoms with E-state index in [1.54, 1.807) is 12.1 Å². The molecule has 1 saturated heterocycles. The third kappa shape index (κ3) is 7.48. The monoisotopic (exact) mass is 542 g/mol. The molecule has 0 bridgehead atoms. The number of halogens is 3. The Balaban J connectivity index is 1.52. The Morgan fingerprint density at radius 3 is 2.51 bits per heavy atom. The van der Waals surface area contributed by atoms with Crippen LogP contribution in [-0.4, -0.2) is 62.6 Å². The summed E-state index contributed by atoms with van der Waals surface area (Å²) in [7, 11) is -3.74. The Kier molecular flexibility index (Phi) is 7.83. The highest BCUT2D eigenvalue weighted by Crippen LogP contribution is 2.54. The van der Waals surface area contributed by atoms with Gasteiger partial charge in [0.2, 0.25) is 15.9 Å². The van der Waals surface area contributed by atoms with Crippen molar-refractivity contribution in [1.82, 2.24) is 4.98 Å². The molecule has 1 aromatic heterocycles. The number of sulfonamides is 1. The van der Waals surface area contributed by atoms with Crippen LogP contribution in [0.5, 0.6) is 5.88 Å². The molecule has 9 nitrogen and oxygen atoms in total. The number of nitrogens with one attached hydrogen (secondary N) is 2. The van der Waals surface area contributed by atoms with Gasteiger partial charge in [-0.3, -0.25) is 9.52 Å². The number of aromatic nitrogens is 1. The number of pyridine rings is 1. The van der Waals surface area contributed by atoms with Crippen LogP contribution in [0, 0.1) is 5.41 Å². The van der Waals surface area contributed by atoms with Gasteiger partial charge in [-0.25, -0.2) is 13.4 Å². The van der Waals surface area contributed by atoms with Crippen molar-refractivity contribution >= 4 is 33.0 Å². The van der Waals surface area contributed by atoms with Crippen molar-refractivity contribution in [1.29, 1.82) is 0 Å². The molecule has 4 rings (SSSR count). The fourth-order valence-corrected chi connectivity index (χ4v) is 5.12. The van der Waals surface area contributed by atoms with Crippen LogP contribution in [0.15, 0.2) is 36.4 Å². The number of hydrogen-bond donors (Lipinski definition) is 3. The van der Waals surface area contributed by atoms with E-state index in [4.69, 9.17) is 9.84 Å². The lowest BCUT2D eigenvalue weighted by Crippen LogP contribution is -2.35. The number of amides is 1. The number of aliphatic hydroxyl groups excluding tert-OH is 1. The fraction of sp³-hybridized carbons (Fsp3) is 0.500. The molecule has 0 unspecified atom stereocenters. The average Bonchev–Trinajstić information content (AvgIpc) is 3.58. The molecular weight excluding hydrogens is 513 g/mol. The van der Waals surface area contributed by atoms with Crippen molar-refractivity contribution in [3.05, 3.63) is 42.1 Å². The lowest BCUT2D eigenvalue weighted by molar-refractivity contribution is -0.139. The number of carbonyl (C=O) groups excluding carboxylic acids is 1. The van der Waals surface area contributed by atoms with Gasteiger partial charge < -0.3 is 20.1 Å². The minimum atomic E-state index is -4.36. The van der Waals surface area contributed by atoms with E-state index >= 15 is 0 Å². The third-order valence-corrected chi connectivity index (χ3v) is 7.86. The van der Waals surface area contributed by atoms with E-state index in [2.05, 4.69) is 19.9 Å². The Morgan fingerprint density at radius 1 is 1.14 bits per heavy atom. The Hall–Kier alpha value is -3.06. The van der Waals surface area contributed by atoms with E-state index in [9.17, 15) is 26.4 Å². The lowest BCUT2D eigenvalue weighted by atomic mass is 9.93. The molecule has 1 aliphatic carbocycles. The van der Waals surface area contributed by atoms with Crippen molar-refractivity contribution in [2.75, 3.05) is 47.0 Å². The van der Waals surface area contributed by atoms with Crippen molar-refractivity contribution in [3.63, 3.8) is 0 Å². The normalized spacial score (nSPS) is 16.9. The molecule has 2 aliphatic rings. The van der Waals surface area contributed by atoms with Gasteiger partial charge in [0.25, 0.3) is 5.91 Å². The van der Waals surface area contributed by atoms with Crippen molar-refractivity contribution in [2.45, 2.75) is 38.3 Å². The SMILES string of the molecule is O=C(Nc1ccc(NS(=O)(=O)CCO)cc1N1CCC2(CC1)CC2)c1cccc(OCCC(F)(F)F)n1. The minimum Gasteiger partial charge on any atom is -0.477 e. The van der Waals surface area contributed by atoms with Gasteiger partial charge >= 0.3 is 6.18 Å². The number of nitrogens with zero attached hydrogens (tertiary/aromatic N) is 2. The Morgan fingerprint density at radius 2 is 1.86 bits per heavy atom. The molecule has 2 fully saturated rings. The molecule has 202 valence electrons. The van der Waals surface area contributed by atoms with E-state index < -0.39 is 47.5 Å². The number of hydrogen-bond acceptors (Lipinski definition) is 7. The number of alkyl halides is 3. The average molecular weight is 543 g/mol. The molecule has 3 N–H and O–H groups in total. The van der Waals surface area contributed by atoms with Gasteiger partial charge in [0, 0.05) is 19.2 Å². The van der Waals surface area contributed by atoms with E-state index in [-0.39, 0.29) is 11.6 Å². The zero-order valence-corrected chi connectivity index (χ0v) is 20.9. The topological polar surface area (TPSA) is 121 Å².